The highest BCUT2D eigenvalue weighted by atomic mass is 15.3. The van der Waals surface area contributed by atoms with E-state index < -0.39 is 0 Å². The van der Waals surface area contributed by atoms with Gasteiger partial charge in [0.1, 0.15) is 17.5 Å². The van der Waals surface area contributed by atoms with E-state index >= 15 is 0 Å². The molecule has 0 saturated heterocycles. The zero-order valence-electron chi connectivity index (χ0n) is 12.1. The van der Waals surface area contributed by atoms with E-state index in [1.807, 2.05) is 10.8 Å². The standard InChI is InChI=1S/C13H21N7/c1-13(2,3)12-17-10(8-11(18-12)19-14)16-5-7-20-6-4-15-9-20/h4,6,8-9H,5,7,14H2,1-3H3,(H2,16,17,18,19). The van der Waals surface area contributed by atoms with Crippen molar-refractivity contribution in [3.8, 4) is 0 Å². The normalized spacial score (nSPS) is 11.4. The first-order valence-electron chi connectivity index (χ1n) is 6.55. The third-order valence-electron chi connectivity index (χ3n) is 2.78. The second kappa shape index (κ2) is 5.87. The van der Waals surface area contributed by atoms with E-state index in [0.717, 1.165) is 24.7 Å². The SMILES string of the molecule is CC(C)(C)c1nc(NN)cc(NCCn2ccnc2)n1. The molecule has 0 aliphatic rings. The van der Waals surface area contributed by atoms with Gasteiger partial charge >= 0.3 is 0 Å². The fraction of sp³-hybridized carbons (Fsp3) is 0.462. The molecule has 2 aromatic heterocycles. The molecule has 20 heavy (non-hydrogen) atoms. The summed E-state index contributed by atoms with van der Waals surface area (Å²) in [5.41, 5.74) is 2.45. The van der Waals surface area contributed by atoms with Gasteiger partial charge < -0.3 is 15.3 Å². The Hall–Kier alpha value is -2.15. The summed E-state index contributed by atoms with van der Waals surface area (Å²) in [5.74, 6) is 7.57. The molecule has 0 radical (unpaired) electrons. The van der Waals surface area contributed by atoms with Crippen LogP contribution in [0.15, 0.2) is 24.8 Å². The number of nitrogen functional groups attached to an aromatic ring is 1. The molecule has 2 aromatic rings. The maximum atomic E-state index is 5.46. The van der Waals surface area contributed by atoms with Crippen molar-refractivity contribution in [2.24, 2.45) is 5.84 Å². The van der Waals surface area contributed by atoms with Crippen LogP contribution >= 0.6 is 0 Å². The summed E-state index contributed by atoms with van der Waals surface area (Å²) in [4.78, 5) is 12.9. The summed E-state index contributed by atoms with van der Waals surface area (Å²) in [5, 5.41) is 3.27. The number of nitrogens with one attached hydrogen (secondary N) is 2. The average Bonchev–Trinajstić information content (AvgIpc) is 2.90. The quantitative estimate of drug-likeness (QED) is 0.563. The first kappa shape index (κ1) is 14.3. The van der Waals surface area contributed by atoms with E-state index in [-0.39, 0.29) is 5.41 Å². The van der Waals surface area contributed by atoms with Gasteiger partial charge in [0.2, 0.25) is 0 Å². The molecule has 108 valence electrons. The van der Waals surface area contributed by atoms with E-state index in [4.69, 9.17) is 5.84 Å². The highest BCUT2D eigenvalue weighted by Gasteiger charge is 2.18. The van der Waals surface area contributed by atoms with Gasteiger partial charge in [-0.1, -0.05) is 20.8 Å². The molecule has 0 aromatic carbocycles. The molecule has 0 atom stereocenters. The molecule has 2 rings (SSSR count). The predicted octanol–water partition coefficient (Wildman–Crippen LogP) is 1.37. The lowest BCUT2D eigenvalue weighted by molar-refractivity contribution is 0.546. The Balaban J connectivity index is 2.06. The van der Waals surface area contributed by atoms with Crippen molar-refractivity contribution in [3.05, 3.63) is 30.6 Å². The van der Waals surface area contributed by atoms with Crippen LogP contribution < -0.4 is 16.6 Å². The van der Waals surface area contributed by atoms with E-state index in [2.05, 4.69) is 46.5 Å². The van der Waals surface area contributed by atoms with Crippen LogP contribution in [0.4, 0.5) is 11.6 Å². The fourth-order valence-corrected chi connectivity index (χ4v) is 1.68. The van der Waals surface area contributed by atoms with Crippen LogP contribution in [-0.4, -0.2) is 26.1 Å². The number of hydrogen-bond acceptors (Lipinski definition) is 6. The summed E-state index contributed by atoms with van der Waals surface area (Å²) in [6.45, 7) is 7.77. The van der Waals surface area contributed by atoms with Crippen LogP contribution in [0.1, 0.15) is 26.6 Å². The minimum absolute atomic E-state index is 0.131. The van der Waals surface area contributed by atoms with Gasteiger partial charge in [-0.05, 0) is 0 Å². The van der Waals surface area contributed by atoms with Crippen LogP contribution in [0.25, 0.3) is 0 Å². The number of aromatic nitrogens is 4. The van der Waals surface area contributed by atoms with E-state index in [0.29, 0.717) is 5.82 Å². The maximum Gasteiger partial charge on any atom is 0.145 e. The number of hydrazine groups is 1. The molecule has 0 aliphatic carbocycles. The Morgan fingerprint density at radius 3 is 2.60 bits per heavy atom. The number of imidazole rings is 1. The lowest BCUT2D eigenvalue weighted by Crippen LogP contribution is -2.20. The molecule has 4 N–H and O–H groups in total. The minimum Gasteiger partial charge on any atom is -0.368 e. The highest BCUT2D eigenvalue weighted by Crippen LogP contribution is 2.21. The van der Waals surface area contributed by atoms with Crippen LogP contribution in [0.5, 0.6) is 0 Å². The lowest BCUT2D eigenvalue weighted by atomic mass is 9.96. The molecule has 0 spiro atoms. The average molecular weight is 275 g/mol. The smallest absolute Gasteiger partial charge is 0.145 e. The van der Waals surface area contributed by atoms with Crippen LogP contribution in [0, 0.1) is 0 Å². The molecule has 0 bridgehead atoms. The topological polar surface area (TPSA) is 93.7 Å². The largest absolute Gasteiger partial charge is 0.368 e. The van der Waals surface area contributed by atoms with Crippen molar-refractivity contribution >= 4 is 11.6 Å². The maximum absolute atomic E-state index is 5.46. The zero-order chi connectivity index (χ0) is 14.6. The Morgan fingerprint density at radius 1 is 1.25 bits per heavy atom. The number of nitrogens with two attached hydrogens (primary N) is 1. The summed E-state index contributed by atoms with van der Waals surface area (Å²) < 4.78 is 2.00. The second-order valence-corrected chi connectivity index (χ2v) is 5.58. The van der Waals surface area contributed by atoms with Crippen molar-refractivity contribution < 1.29 is 0 Å². The third-order valence-corrected chi connectivity index (χ3v) is 2.78. The van der Waals surface area contributed by atoms with Gasteiger partial charge in [0.25, 0.3) is 0 Å². The van der Waals surface area contributed by atoms with Crippen LogP contribution in [-0.2, 0) is 12.0 Å². The highest BCUT2D eigenvalue weighted by molar-refractivity contribution is 5.47. The first-order valence-corrected chi connectivity index (χ1v) is 6.55. The summed E-state index contributed by atoms with van der Waals surface area (Å²) in [6.07, 6.45) is 5.48. The molecule has 0 unspecified atom stereocenters. The van der Waals surface area contributed by atoms with Gasteiger partial charge in [-0.15, -0.1) is 0 Å². The second-order valence-electron chi connectivity index (χ2n) is 5.58. The fourth-order valence-electron chi connectivity index (χ4n) is 1.68. The molecular weight excluding hydrogens is 254 g/mol. The number of anilines is 2. The van der Waals surface area contributed by atoms with Crippen molar-refractivity contribution in [2.75, 3.05) is 17.3 Å². The van der Waals surface area contributed by atoms with Crippen LogP contribution in [0.3, 0.4) is 0 Å². The monoisotopic (exact) mass is 275 g/mol. The van der Waals surface area contributed by atoms with E-state index in [1.54, 1.807) is 18.6 Å². The van der Waals surface area contributed by atoms with Crippen molar-refractivity contribution in [1.82, 2.24) is 19.5 Å². The van der Waals surface area contributed by atoms with Gasteiger partial charge in [-0.2, -0.15) is 0 Å². The minimum atomic E-state index is -0.131. The number of rotatable bonds is 5. The Kier molecular flexibility index (Phi) is 4.19. The van der Waals surface area contributed by atoms with Gasteiger partial charge in [0.15, 0.2) is 0 Å². The van der Waals surface area contributed by atoms with Gasteiger partial charge in [-0.25, -0.2) is 20.8 Å². The third kappa shape index (κ3) is 3.67. The predicted molar refractivity (Wildman–Crippen MR) is 79.3 cm³/mol. The molecule has 7 nitrogen and oxygen atoms in total. The van der Waals surface area contributed by atoms with Gasteiger partial charge in [-0.3, -0.25) is 0 Å². The molecule has 0 fully saturated rings. The zero-order valence-corrected chi connectivity index (χ0v) is 12.1. The van der Waals surface area contributed by atoms with E-state index in [1.165, 1.54) is 0 Å². The van der Waals surface area contributed by atoms with E-state index in [9.17, 15) is 0 Å². The Morgan fingerprint density at radius 2 is 2.00 bits per heavy atom. The van der Waals surface area contributed by atoms with Crippen molar-refractivity contribution in [1.29, 1.82) is 0 Å². The number of nitrogens with zero attached hydrogens (tertiary/aromatic N) is 4. The Bertz CT molecular complexity index is 542. The molecule has 0 aliphatic heterocycles. The molecule has 2 heterocycles. The first-order chi connectivity index (χ1) is 9.49. The van der Waals surface area contributed by atoms with Crippen molar-refractivity contribution in [2.45, 2.75) is 32.7 Å². The molecule has 0 saturated carbocycles. The Labute approximate surface area is 118 Å². The summed E-state index contributed by atoms with van der Waals surface area (Å²) >= 11 is 0. The lowest BCUT2D eigenvalue weighted by Gasteiger charge is -2.18. The van der Waals surface area contributed by atoms with Gasteiger partial charge in [0.05, 0.1) is 6.33 Å². The molecule has 7 heteroatoms. The van der Waals surface area contributed by atoms with Gasteiger partial charge in [0, 0.05) is 37.0 Å². The molecule has 0 amide bonds. The van der Waals surface area contributed by atoms with Crippen molar-refractivity contribution in [3.63, 3.8) is 0 Å². The van der Waals surface area contributed by atoms with Crippen LogP contribution in [0.2, 0.25) is 0 Å². The summed E-state index contributed by atoms with van der Waals surface area (Å²) in [7, 11) is 0. The molecular formula is C13H21N7. The number of hydrogen-bond donors (Lipinski definition) is 3. The summed E-state index contributed by atoms with van der Waals surface area (Å²) in [6, 6.07) is 1.79.